The van der Waals surface area contributed by atoms with Crippen LogP contribution in [0.2, 0.25) is 0 Å². The molecule has 1 heterocycles. The number of carbonyl (C=O) groups excluding carboxylic acids is 2. The Balaban J connectivity index is 1.69. The van der Waals surface area contributed by atoms with E-state index in [-0.39, 0.29) is 11.6 Å². The van der Waals surface area contributed by atoms with Gasteiger partial charge >= 0.3 is 6.18 Å². The molecule has 0 saturated heterocycles. The van der Waals surface area contributed by atoms with Crippen LogP contribution in [-0.4, -0.2) is 31.8 Å². The Morgan fingerprint density at radius 2 is 1.77 bits per heavy atom. The fraction of sp³-hybridized carbons (Fsp3) is 0.200. The summed E-state index contributed by atoms with van der Waals surface area (Å²) in [6.07, 6.45) is -2.96. The summed E-state index contributed by atoms with van der Waals surface area (Å²) in [7, 11) is 0. The van der Waals surface area contributed by atoms with Crippen molar-refractivity contribution in [1.82, 2.24) is 14.8 Å². The van der Waals surface area contributed by atoms with Gasteiger partial charge in [0.25, 0.3) is 0 Å². The lowest BCUT2D eigenvalue weighted by molar-refractivity contribution is -0.137. The van der Waals surface area contributed by atoms with Crippen molar-refractivity contribution in [3.8, 4) is 5.69 Å². The quantitative estimate of drug-likeness (QED) is 0.546. The first-order valence-electron chi connectivity index (χ1n) is 9.06. The van der Waals surface area contributed by atoms with E-state index in [9.17, 15) is 22.8 Å². The van der Waals surface area contributed by atoms with Gasteiger partial charge in [0.1, 0.15) is 6.33 Å². The van der Waals surface area contributed by atoms with Gasteiger partial charge in [-0.2, -0.15) is 13.2 Å². The van der Waals surface area contributed by atoms with Crippen LogP contribution in [0.4, 0.5) is 24.5 Å². The Labute approximate surface area is 180 Å². The lowest BCUT2D eigenvalue weighted by atomic mass is 10.2. The standard InChI is InChI=1S/C20H18F3N5O2S/c1-12(18(30)26-15-8-6-14(7-9-15)20(21,22)23)31-19-27-24-11-28(19)17-5-3-4-16(10-17)25-13(2)29/h3-12H,1-2H3,(H,25,29)(H,26,30). The molecule has 1 aromatic heterocycles. The number of nitrogens with one attached hydrogen (secondary N) is 2. The molecular weight excluding hydrogens is 431 g/mol. The molecule has 1 atom stereocenters. The number of alkyl halides is 3. The third-order valence-electron chi connectivity index (χ3n) is 4.09. The highest BCUT2D eigenvalue weighted by Crippen LogP contribution is 2.30. The average molecular weight is 449 g/mol. The molecule has 2 aromatic carbocycles. The molecule has 11 heteroatoms. The molecule has 3 aromatic rings. The average Bonchev–Trinajstić information content (AvgIpc) is 3.15. The normalized spacial score (nSPS) is 12.3. The second-order valence-corrected chi connectivity index (χ2v) is 7.85. The van der Waals surface area contributed by atoms with E-state index in [2.05, 4.69) is 20.8 Å². The fourth-order valence-corrected chi connectivity index (χ4v) is 3.46. The smallest absolute Gasteiger partial charge is 0.326 e. The van der Waals surface area contributed by atoms with Crippen molar-refractivity contribution in [1.29, 1.82) is 0 Å². The van der Waals surface area contributed by atoms with Gasteiger partial charge in [-0.1, -0.05) is 17.8 Å². The minimum Gasteiger partial charge on any atom is -0.326 e. The van der Waals surface area contributed by atoms with Crippen LogP contribution in [0.15, 0.2) is 60.0 Å². The highest BCUT2D eigenvalue weighted by molar-refractivity contribution is 8.00. The number of halogens is 3. The van der Waals surface area contributed by atoms with Gasteiger partial charge < -0.3 is 10.6 Å². The van der Waals surface area contributed by atoms with Crippen LogP contribution < -0.4 is 10.6 Å². The molecule has 3 rings (SSSR count). The molecule has 0 spiro atoms. The molecule has 0 aliphatic carbocycles. The summed E-state index contributed by atoms with van der Waals surface area (Å²) in [6, 6.07) is 11.3. The van der Waals surface area contributed by atoms with Crippen LogP contribution in [0.25, 0.3) is 5.69 Å². The largest absolute Gasteiger partial charge is 0.416 e. The lowest BCUT2D eigenvalue weighted by Gasteiger charge is -2.13. The molecule has 0 radical (unpaired) electrons. The van der Waals surface area contributed by atoms with Crippen LogP contribution in [-0.2, 0) is 15.8 Å². The SMILES string of the molecule is CC(=O)Nc1cccc(-n2cnnc2SC(C)C(=O)Nc2ccc(C(F)(F)F)cc2)c1. The molecule has 7 nitrogen and oxygen atoms in total. The number of hydrogen-bond donors (Lipinski definition) is 2. The van der Waals surface area contributed by atoms with E-state index in [0.717, 1.165) is 23.9 Å². The number of benzene rings is 2. The number of nitrogens with zero attached hydrogens (tertiary/aromatic N) is 3. The van der Waals surface area contributed by atoms with Crippen LogP contribution in [0.3, 0.4) is 0 Å². The summed E-state index contributed by atoms with van der Waals surface area (Å²) in [5.74, 6) is -0.602. The zero-order valence-corrected chi connectivity index (χ0v) is 17.3. The molecule has 2 amide bonds. The minimum absolute atomic E-state index is 0.205. The van der Waals surface area contributed by atoms with E-state index < -0.39 is 22.9 Å². The highest BCUT2D eigenvalue weighted by atomic mass is 32.2. The van der Waals surface area contributed by atoms with Crippen LogP contribution in [0.1, 0.15) is 19.4 Å². The van der Waals surface area contributed by atoms with Gasteiger partial charge in [-0.05, 0) is 49.4 Å². The Bertz CT molecular complexity index is 1080. The van der Waals surface area contributed by atoms with Crippen molar-refractivity contribution < 1.29 is 22.8 Å². The van der Waals surface area contributed by atoms with Gasteiger partial charge in [-0.3, -0.25) is 14.2 Å². The summed E-state index contributed by atoms with van der Waals surface area (Å²) in [5, 5.41) is 13.0. The number of hydrogen-bond acceptors (Lipinski definition) is 5. The van der Waals surface area contributed by atoms with Crippen molar-refractivity contribution in [2.75, 3.05) is 10.6 Å². The maximum atomic E-state index is 12.7. The second-order valence-electron chi connectivity index (χ2n) is 6.54. The first-order chi connectivity index (χ1) is 14.6. The topological polar surface area (TPSA) is 88.9 Å². The maximum Gasteiger partial charge on any atom is 0.416 e. The van der Waals surface area contributed by atoms with Crippen molar-refractivity contribution in [2.24, 2.45) is 0 Å². The van der Waals surface area contributed by atoms with Crippen molar-refractivity contribution in [3.63, 3.8) is 0 Å². The zero-order chi connectivity index (χ0) is 22.6. The number of aromatic nitrogens is 3. The predicted octanol–water partition coefficient (Wildman–Crippen LogP) is 4.36. The minimum atomic E-state index is -4.44. The number of amides is 2. The van der Waals surface area contributed by atoms with Gasteiger partial charge in [0.05, 0.1) is 16.5 Å². The van der Waals surface area contributed by atoms with E-state index in [4.69, 9.17) is 0 Å². The molecule has 162 valence electrons. The number of carbonyl (C=O) groups is 2. The molecule has 1 unspecified atom stereocenters. The Hall–Kier alpha value is -3.34. The molecule has 0 fully saturated rings. The van der Waals surface area contributed by atoms with Crippen LogP contribution in [0, 0.1) is 0 Å². The number of rotatable bonds is 6. The second kappa shape index (κ2) is 9.21. The van der Waals surface area contributed by atoms with Crippen LogP contribution in [0.5, 0.6) is 0 Å². The van der Waals surface area contributed by atoms with Crippen molar-refractivity contribution >= 4 is 35.0 Å². The molecular formula is C20H18F3N5O2S. The van der Waals surface area contributed by atoms with Gasteiger partial charge in [-0.15, -0.1) is 10.2 Å². The number of thioether (sulfide) groups is 1. The van der Waals surface area contributed by atoms with E-state index in [1.54, 1.807) is 35.8 Å². The van der Waals surface area contributed by atoms with Gasteiger partial charge in [0.15, 0.2) is 5.16 Å². The van der Waals surface area contributed by atoms with E-state index in [1.807, 2.05) is 0 Å². The monoisotopic (exact) mass is 449 g/mol. The fourth-order valence-electron chi connectivity index (χ4n) is 2.62. The summed E-state index contributed by atoms with van der Waals surface area (Å²) in [4.78, 5) is 23.8. The summed E-state index contributed by atoms with van der Waals surface area (Å²) >= 11 is 1.14. The molecule has 2 N–H and O–H groups in total. The third kappa shape index (κ3) is 5.85. The van der Waals surface area contributed by atoms with E-state index in [0.29, 0.717) is 16.5 Å². The third-order valence-corrected chi connectivity index (χ3v) is 5.15. The summed E-state index contributed by atoms with van der Waals surface area (Å²) < 4.78 is 39.6. The Morgan fingerprint density at radius 3 is 2.42 bits per heavy atom. The first kappa shape index (κ1) is 22.3. The Kier molecular flexibility index (Phi) is 6.64. The maximum absolute atomic E-state index is 12.7. The molecule has 31 heavy (non-hydrogen) atoms. The first-order valence-corrected chi connectivity index (χ1v) is 9.94. The molecule has 0 saturated carbocycles. The van der Waals surface area contributed by atoms with Crippen molar-refractivity contribution in [2.45, 2.75) is 30.4 Å². The van der Waals surface area contributed by atoms with Gasteiger partial charge in [-0.25, -0.2) is 0 Å². The molecule has 0 aliphatic heterocycles. The molecule has 0 bridgehead atoms. The van der Waals surface area contributed by atoms with Crippen molar-refractivity contribution in [3.05, 3.63) is 60.4 Å². The summed E-state index contributed by atoms with van der Waals surface area (Å²) in [5.41, 5.74) is 0.759. The molecule has 0 aliphatic rings. The number of anilines is 2. The highest BCUT2D eigenvalue weighted by Gasteiger charge is 2.30. The van der Waals surface area contributed by atoms with Gasteiger partial charge in [0, 0.05) is 18.3 Å². The summed E-state index contributed by atoms with van der Waals surface area (Å²) in [6.45, 7) is 3.06. The zero-order valence-electron chi connectivity index (χ0n) is 16.5. The lowest BCUT2D eigenvalue weighted by Crippen LogP contribution is -2.23. The van der Waals surface area contributed by atoms with E-state index >= 15 is 0 Å². The Morgan fingerprint density at radius 1 is 1.06 bits per heavy atom. The predicted molar refractivity (Wildman–Crippen MR) is 111 cm³/mol. The van der Waals surface area contributed by atoms with Crippen LogP contribution >= 0.6 is 11.8 Å². The van der Waals surface area contributed by atoms with Gasteiger partial charge in [0.2, 0.25) is 11.8 Å². The van der Waals surface area contributed by atoms with E-state index in [1.165, 1.54) is 25.4 Å².